The van der Waals surface area contributed by atoms with Crippen LogP contribution in [0, 0.1) is 0 Å². The highest BCUT2D eigenvalue weighted by Crippen LogP contribution is 2.32. The van der Waals surface area contributed by atoms with Gasteiger partial charge in [0.15, 0.2) is 0 Å². The quantitative estimate of drug-likeness (QED) is 0.932. The van der Waals surface area contributed by atoms with Crippen molar-refractivity contribution in [1.29, 1.82) is 0 Å². The van der Waals surface area contributed by atoms with Crippen LogP contribution in [0.5, 0.6) is 0 Å². The van der Waals surface area contributed by atoms with E-state index in [4.69, 9.17) is 0 Å². The summed E-state index contributed by atoms with van der Waals surface area (Å²) in [6.45, 7) is 2.08. The molecule has 1 aromatic rings. The van der Waals surface area contributed by atoms with Gasteiger partial charge in [0.1, 0.15) is 6.17 Å². The molecule has 23 heavy (non-hydrogen) atoms. The van der Waals surface area contributed by atoms with Crippen LogP contribution in [0.4, 0.5) is 0 Å². The van der Waals surface area contributed by atoms with Crippen LogP contribution in [0.2, 0.25) is 0 Å². The number of rotatable bonds is 3. The largest absolute Gasteiger partial charge is 0.312 e. The first kappa shape index (κ1) is 14.2. The van der Waals surface area contributed by atoms with Gasteiger partial charge in [0.25, 0.3) is 0 Å². The third-order valence-electron chi connectivity index (χ3n) is 4.70. The van der Waals surface area contributed by atoms with Gasteiger partial charge < -0.3 is 4.90 Å². The maximum absolute atomic E-state index is 12.5. The maximum Gasteiger partial charge on any atom is 0.224 e. The Kier molecular flexibility index (Phi) is 3.50. The van der Waals surface area contributed by atoms with E-state index in [-0.39, 0.29) is 24.2 Å². The van der Waals surface area contributed by atoms with Crippen LogP contribution in [-0.2, 0) is 4.79 Å². The van der Waals surface area contributed by atoms with Gasteiger partial charge in [0.2, 0.25) is 5.91 Å². The first-order chi connectivity index (χ1) is 11.2. The molecule has 1 aliphatic carbocycles. The summed E-state index contributed by atoms with van der Waals surface area (Å²) in [7, 11) is 0. The summed E-state index contributed by atoms with van der Waals surface area (Å²) in [5.41, 5.74) is 5.54. The van der Waals surface area contributed by atoms with Crippen molar-refractivity contribution in [2.45, 2.75) is 38.0 Å². The number of hydrazine groups is 1. The van der Waals surface area contributed by atoms with Crippen molar-refractivity contribution in [2.75, 3.05) is 0 Å². The molecular weight excluding hydrogens is 288 g/mol. The Morgan fingerprint density at radius 2 is 2.09 bits per heavy atom. The highest BCUT2D eigenvalue weighted by atomic mass is 16.2. The van der Waals surface area contributed by atoms with Crippen molar-refractivity contribution in [1.82, 2.24) is 15.4 Å². The molecule has 0 saturated carbocycles. The first-order valence-corrected chi connectivity index (χ1v) is 8.09. The molecule has 5 heteroatoms. The molecule has 0 radical (unpaired) electrons. The van der Waals surface area contributed by atoms with E-state index >= 15 is 0 Å². The minimum Gasteiger partial charge on any atom is -0.312 e. The fourth-order valence-corrected chi connectivity index (χ4v) is 3.48. The molecule has 4 rings (SSSR count). The predicted octanol–water partition coefficient (Wildman–Crippen LogP) is 2.37. The molecular formula is C18H20N4O. The Morgan fingerprint density at radius 1 is 1.26 bits per heavy atom. The van der Waals surface area contributed by atoms with Crippen LogP contribution in [-0.4, -0.2) is 33.8 Å². The van der Waals surface area contributed by atoms with Gasteiger partial charge in [0.05, 0.1) is 17.8 Å². The molecule has 118 valence electrons. The van der Waals surface area contributed by atoms with Crippen molar-refractivity contribution in [3.8, 4) is 0 Å². The van der Waals surface area contributed by atoms with Gasteiger partial charge in [-0.05, 0) is 25.0 Å². The van der Waals surface area contributed by atoms with Crippen molar-refractivity contribution in [3.05, 3.63) is 60.2 Å². The number of benzene rings is 1. The van der Waals surface area contributed by atoms with E-state index in [2.05, 4.69) is 35.7 Å². The summed E-state index contributed by atoms with van der Waals surface area (Å²) in [5.74, 6) is 0.189. The standard InChI is InChI=1S/C18H20N4O/c1-13(14-7-3-2-4-8-14)21-17(11-12-18(21)23)22-19-15-9-5-6-10-16(15)20-22/h2-10,13,15,17,19H,11-12H2,1H3/t13-,15?,17?/m0/s1. The van der Waals surface area contributed by atoms with Crippen LogP contribution in [0.25, 0.3) is 0 Å². The maximum atomic E-state index is 12.5. The van der Waals surface area contributed by atoms with Gasteiger partial charge in [-0.1, -0.05) is 48.6 Å². The minimum absolute atomic E-state index is 0.0342. The van der Waals surface area contributed by atoms with Crippen molar-refractivity contribution < 1.29 is 4.79 Å². The van der Waals surface area contributed by atoms with Gasteiger partial charge in [-0.2, -0.15) is 5.10 Å². The zero-order valence-electron chi connectivity index (χ0n) is 13.1. The highest BCUT2D eigenvalue weighted by Gasteiger charge is 2.41. The lowest BCUT2D eigenvalue weighted by atomic mass is 10.1. The van der Waals surface area contributed by atoms with E-state index in [0.717, 1.165) is 17.7 Å². The predicted molar refractivity (Wildman–Crippen MR) is 89.2 cm³/mol. The number of likely N-dealkylation sites (tertiary alicyclic amines) is 1. The van der Waals surface area contributed by atoms with E-state index in [0.29, 0.717) is 6.42 Å². The third-order valence-corrected chi connectivity index (χ3v) is 4.70. The van der Waals surface area contributed by atoms with E-state index in [1.54, 1.807) is 0 Å². The summed E-state index contributed by atoms with van der Waals surface area (Å²) in [6.07, 6.45) is 9.42. The van der Waals surface area contributed by atoms with Crippen molar-refractivity contribution >= 4 is 11.6 Å². The summed E-state index contributed by atoms with van der Waals surface area (Å²) in [6, 6.07) is 10.3. The molecule has 1 N–H and O–H groups in total. The van der Waals surface area contributed by atoms with E-state index in [1.807, 2.05) is 46.4 Å². The van der Waals surface area contributed by atoms with Crippen molar-refractivity contribution in [2.24, 2.45) is 5.10 Å². The molecule has 0 spiro atoms. The molecule has 2 unspecified atom stereocenters. The van der Waals surface area contributed by atoms with Gasteiger partial charge in [-0.15, -0.1) is 0 Å². The molecule has 1 fully saturated rings. The average Bonchev–Trinajstić information content (AvgIpc) is 3.18. The summed E-state index contributed by atoms with van der Waals surface area (Å²) in [4.78, 5) is 14.4. The molecule has 2 heterocycles. The summed E-state index contributed by atoms with van der Waals surface area (Å²) in [5, 5.41) is 6.53. The second-order valence-corrected chi connectivity index (χ2v) is 6.13. The molecule has 0 aromatic heterocycles. The molecule has 5 nitrogen and oxygen atoms in total. The van der Waals surface area contributed by atoms with E-state index < -0.39 is 0 Å². The summed E-state index contributed by atoms with van der Waals surface area (Å²) >= 11 is 0. The number of allylic oxidation sites excluding steroid dienone is 2. The topological polar surface area (TPSA) is 47.9 Å². The molecule has 1 aromatic carbocycles. The number of hydrogen-bond acceptors (Lipinski definition) is 4. The number of nitrogens with zero attached hydrogens (tertiary/aromatic N) is 3. The van der Waals surface area contributed by atoms with Gasteiger partial charge >= 0.3 is 0 Å². The molecule has 1 amide bonds. The fraction of sp³-hybridized carbons (Fsp3) is 0.333. The zero-order chi connectivity index (χ0) is 15.8. The molecule has 3 atom stereocenters. The molecule has 3 aliphatic rings. The number of fused-ring (bicyclic) bond motifs is 1. The fourth-order valence-electron chi connectivity index (χ4n) is 3.48. The van der Waals surface area contributed by atoms with Gasteiger partial charge in [-0.25, -0.2) is 10.5 Å². The van der Waals surface area contributed by atoms with Crippen LogP contribution in [0.3, 0.4) is 0 Å². The summed E-state index contributed by atoms with van der Waals surface area (Å²) < 4.78 is 0. The van der Waals surface area contributed by atoms with Gasteiger partial charge in [-0.3, -0.25) is 4.79 Å². The van der Waals surface area contributed by atoms with E-state index in [1.165, 1.54) is 0 Å². The monoisotopic (exact) mass is 308 g/mol. The Hall–Kier alpha value is -2.40. The van der Waals surface area contributed by atoms with Crippen LogP contribution in [0.1, 0.15) is 31.4 Å². The molecule has 1 saturated heterocycles. The average molecular weight is 308 g/mol. The first-order valence-electron chi connectivity index (χ1n) is 8.09. The smallest absolute Gasteiger partial charge is 0.224 e. The Morgan fingerprint density at radius 3 is 2.87 bits per heavy atom. The normalized spacial score (nSPS) is 27.3. The van der Waals surface area contributed by atoms with Crippen molar-refractivity contribution in [3.63, 3.8) is 0 Å². The molecule has 2 aliphatic heterocycles. The van der Waals surface area contributed by atoms with E-state index in [9.17, 15) is 4.79 Å². The second kappa shape index (κ2) is 5.66. The molecule has 0 bridgehead atoms. The Balaban J connectivity index is 1.59. The van der Waals surface area contributed by atoms with Crippen LogP contribution < -0.4 is 5.43 Å². The number of hydrazone groups is 1. The number of amides is 1. The lowest BCUT2D eigenvalue weighted by Crippen LogP contribution is -2.50. The second-order valence-electron chi connectivity index (χ2n) is 6.13. The number of nitrogens with one attached hydrogen (secondary N) is 1. The van der Waals surface area contributed by atoms with Crippen LogP contribution >= 0.6 is 0 Å². The number of carbonyl (C=O) groups is 1. The number of carbonyl (C=O) groups excluding carboxylic acids is 1. The lowest BCUT2D eigenvalue weighted by Gasteiger charge is -2.35. The number of hydrogen-bond donors (Lipinski definition) is 1. The third kappa shape index (κ3) is 2.47. The minimum atomic E-state index is -0.0439. The Bertz CT molecular complexity index is 694. The highest BCUT2D eigenvalue weighted by molar-refractivity contribution is 6.02. The Labute approximate surface area is 135 Å². The lowest BCUT2D eigenvalue weighted by molar-refractivity contribution is -0.135. The SMILES string of the molecule is C[C@@H](c1ccccc1)N1C(=O)CCC1N1N=C2C=CC=CC2N1. The zero-order valence-corrected chi connectivity index (χ0v) is 13.1. The van der Waals surface area contributed by atoms with Gasteiger partial charge in [0, 0.05) is 6.42 Å². The van der Waals surface area contributed by atoms with Crippen LogP contribution in [0.15, 0.2) is 59.7 Å².